The predicted molar refractivity (Wildman–Crippen MR) is 85.3 cm³/mol. The van der Waals surface area contributed by atoms with Crippen molar-refractivity contribution >= 4 is 21.6 Å². The summed E-state index contributed by atoms with van der Waals surface area (Å²) in [5.74, 6) is 0.872. The molecule has 0 amide bonds. The Bertz CT molecular complexity index is 528. The molecule has 0 heterocycles. The van der Waals surface area contributed by atoms with Crippen LogP contribution in [-0.2, 0) is 11.3 Å². The summed E-state index contributed by atoms with van der Waals surface area (Å²) in [6, 6.07) is 16.0. The van der Waals surface area contributed by atoms with Gasteiger partial charge < -0.3 is 14.8 Å². The van der Waals surface area contributed by atoms with Crippen molar-refractivity contribution in [3.05, 3.63) is 58.6 Å². The van der Waals surface area contributed by atoms with Crippen molar-refractivity contribution in [1.29, 1.82) is 0 Å². The van der Waals surface area contributed by atoms with E-state index in [1.165, 1.54) is 0 Å². The molecular formula is C16H18BrNO2. The average Bonchev–Trinajstić information content (AvgIpc) is 2.46. The topological polar surface area (TPSA) is 30.5 Å². The molecule has 4 heteroatoms. The molecule has 0 spiro atoms. The summed E-state index contributed by atoms with van der Waals surface area (Å²) in [5.41, 5.74) is 2.20. The van der Waals surface area contributed by atoms with Crippen LogP contribution in [0.25, 0.3) is 0 Å². The van der Waals surface area contributed by atoms with Crippen molar-refractivity contribution in [3.8, 4) is 5.75 Å². The molecule has 0 saturated carbocycles. The molecule has 2 rings (SSSR count). The van der Waals surface area contributed by atoms with E-state index >= 15 is 0 Å². The Balaban J connectivity index is 1.75. The minimum absolute atomic E-state index is 0.605. The molecule has 3 nitrogen and oxygen atoms in total. The maximum Gasteiger partial charge on any atom is 0.119 e. The van der Waals surface area contributed by atoms with Crippen molar-refractivity contribution in [2.75, 3.05) is 25.6 Å². The molecule has 1 N–H and O–H groups in total. The van der Waals surface area contributed by atoms with Gasteiger partial charge in [0.2, 0.25) is 0 Å². The van der Waals surface area contributed by atoms with Gasteiger partial charge in [0.15, 0.2) is 0 Å². The summed E-state index contributed by atoms with van der Waals surface area (Å²) in [7, 11) is 1.69. The van der Waals surface area contributed by atoms with Gasteiger partial charge in [-0.1, -0.05) is 28.1 Å². The Labute approximate surface area is 128 Å². The fraction of sp³-hybridized carbons (Fsp3) is 0.250. The molecule has 20 heavy (non-hydrogen) atoms. The van der Waals surface area contributed by atoms with Crippen LogP contribution >= 0.6 is 15.9 Å². The molecule has 106 valence electrons. The van der Waals surface area contributed by atoms with Crippen LogP contribution in [0.15, 0.2) is 53.0 Å². The van der Waals surface area contributed by atoms with E-state index in [1.54, 1.807) is 7.11 Å². The van der Waals surface area contributed by atoms with E-state index in [1.807, 2.05) is 48.5 Å². The molecule has 0 aliphatic carbocycles. The number of nitrogens with one attached hydrogen (secondary N) is 1. The highest BCUT2D eigenvalue weighted by Gasteiger charge is 1.97. The van der Waals surface area contributed by atoms with Crippen molar-refractivity contribution in [1.82, 2.24) is 0 Å². The van der Waals surface area contributed by atoms with E-state index in [-0.39, 0.29) is 0 Å². The number of hydrogen-bond donors (Lipinski definition) is 1. The fourth-order valence-corrected chi connectivity index (χ4v) is 2.09. The van der Waals surface area contributed by atoms with Gasteiger partial charge in [0, 0.05) is 23.8 Å². The zero-order chi connectivity index (χ0) is 14.2. The first-order valence-electron chi connectivity index (χ1n) is 6.48. The van der Waals surface area contributed by atoms with E-state index in [0.717, 1.165) is 28.0 Å². The molecule has 0 atom stereocenters. The van der Waals surface area contributed by atoms with Gasteiger partial charge in [-0.2, -0.15) is 0 Å². The number of anilines is 1. The van der Waals surface area contributed by atoms with E-state index < -0.39 is 0 Å². The molecule has 0 saturated heterocycles. The van der Waals surface area contributed by atoms with Crippen LogP contribution in [0, 0.1) is 0 Å². The SMILES string of the molecule is COCc1cccc(OCCNc2ccc(Br)cc2)c1. The van der Waals surface area contributed by atoms with Gasteiger partial charge in [0.25, 0.3) is 0 Å². The zero-order valence-electron chi connectivity index (χ0n) is 11.4. The third-order valence-electron chi connectivity index (χ3n) is 2.75. The lowest BCUT2D eigenvalue weighted by molar-refractivity contribution is 0.184. The van der Waals surface area contributed by atoms with E-state index in [0.29, 0.717) is 13.2 Å². The zero-order valence-corrected chi connectivity index (χ0v) is 13.0. The van der Waals surface area contributed by atoms with Crippen LogP contribution in [0.2, 0.25) is 0 Å². The lowest BCUT2D eigenvalue weighted by Crippen LogP contribution is -2.11. The minimum Gasteiger partial charge on any atom is -0.492 e. The fourth-order valence-electron chi connectivity index (χ4n) is 1.82. The van der Waals surface area contributed by atoms with Gasteiger partial charge >= 0.3 is 0 Å². The second-order valence-corrected chi connectivity index (χ2v) is 5.28. The van der Waals surface area contributed by atoms with Crippen LogP contribution in [0.5, 0.6) is 5.75 Å². The maximum absolute atomic E-state index is 5.71. The van der Waals surface area contributed by atoms with Crippen LogP contribution in [0.4, 0.5) is 5.69 Å². The first kappa shape index (κ1) is 14.9. The summed E-state index contributed by atoms with van der Waals surface area (Å²) in [4.78, 5) is 0. The van der Waals surface area contributed by atoms with Gasteiger partial charge in [0.1, 0.15) is 12.4 Å². The molecule has 0 aliphatic heterocycles. The van der Waals surface area contributed by atoms with E-state index in [2.05, 4.69) is 21.2 Å². The molecule has 0 fully saturated rings. The van der Waals surface area contributed by atoms with Crippen LogP contribution < -0.4 is 10.1 Å². The summed E-state index contributed by atoms with van der Waals surface area (Å²) in [6.07, 6.45) is 0. The van der Waals surface area contributed by atoms with Gasteiger partial charge in [0.05, 0.1) is 6.61 Å². The third kappa shape index (κ3) is 4.87. The summed E-state index contributed by atoms with van der Waals surface area (Å²) >= 11 is 3.41. The van der Waals surface area contributed by atoms with Crippen molar-refractivity contribution in [3.63, 3.8) is 0 Å². The maximum atomic E-state index is 5.71. The van der Waals surface area contributed by atoms with Crippen LogP contribution in [0.3, 0.4) is 0 Å². The Morgan fingerprint density at radius 2 is 1.90 bits per heavy atom. The lowest BCUT2D eigenvalue weighted by atomic mass is 10.2. The van der Waals surface area contributed by atoms with Gasteiger partial charge in [-0.25, -0.2) is 0 Å². The highest BCUT2D eigenvalue weighted by atomic mass is 79.9. The summed E-state index contributed by atoms with van der Waals surface area (Å²) in [6.45, 7) is 1.98. The van der Waals surface area contributed by atoms with Crippen molar-refractivity contribution in [2.24, 2.45) is 0 Å². The number of rotatable bonds is 7. The number of benzene rings is 2. The number of halogens is 1. The second-order valence-electron chi connectivity index (χ2n) is 4.36. The van der Waals surface area contributed by atoms with Gasteiger partial charge in [-0.3, -0.25) is 0 Å². The molecule has 2 aromatic rings. The quantitative estimate of drug-likeness (QED) is 0.773. The lowest BCUT2D eigenvalue weighted by Gasteiger charge is -2.09. The minimum atomic E-state index is 0.605. The van der Waals surface area contributed by atoms with Crippen LogP contribution in [-0.4, -0.2) is 20.3 Å². The Morgan fingerprint density at radius 3 is 2.65 bits per heavy atom. The number of ether oxygens (including phenoxy) is 2. The monoisotopic (exact) mass is 335 g/mol. The number of hydrogen-bond acceptors (Lipinski definition) is 3. The Kier molecular flexibility index (Phi) is 5.89. The molecule has 0 unspecified atom stereocenters. The first-order chi connectivity index (χ1) is 9.78. The number of methoxy groups -OCH3 is 1. The van der Waals surface area contributed by atoms with Gasteiger partial charge in [-0.05, 0) is 42.0 Å². The molecule has 2 aromatic carbocycles. The van der Waals surface area contributed by atoms with Crippen molar-refractivity contribution in [2.45, 2.75) is 6.61 Å². The van der Waals surface area contributed by atoms with Crippen LogP contribution in [0.1, 0.15) is 5.56 Å². The molecular weight excluding hydrogens is 318 g/mol. The molecule has 0 aromatic heterocycles. The Morgan fingerprint density at radius 1 is 1.10 bits per heavy atom. The highest BCUT2D eigenvalue weighted by molar-refractivity contribution is 9.10. The largest absolute Gasteiger partial charge is 0.492 e. The predicted octanol–water partition coefficient (Wildman–Crippen LogP) is 4.09. The second kappa shape index (κ2) is 7.92. The third-order valence-corrected chi connectivity index (χ3v) is 3.28. The van der Waals surface area contributed by atoms with E-state index in [9.17, 15) is 0 Å². The first-order valence-corrected chi connectivity index (χ1v) is 7.27. The average molecular weight is 336 g/mol. The molecule has 0 bridgehead atoms. The molecule has 0 aliphatic rings. The highest BCUT2D eigenvalue weighted by Crippen LogP contribution is 2.15. The van der Waals surface area contributed by atoms with Crippen molar-refractivity contribution < 1.29 is 9.47 Å². The smallest absolute Gasteiger partial charge is 0.119 e. The normalized spacial score (nSPS) is 10.3. The van der Waals surface area contributed by atoms with Gasteiger partial charge in [-0.15, -0.1) is 0 Å². The Hall–Kier alpha value is -1.52. The standard InChI is InChI=1S/C16H18BrNO2/c1-19-12-13-3-2-4-16(11-13)20-10-9-18-15-7-5-14(17)6-8-15/h2-8,11,18H,9-10,12H2,1H3. The molecule has 0 radical (unpaired) electrons. The summed E-state index contributed by atoms with van der Waals surface area (Å²) < 4.78 is 11.9. The van der Waals surface area contributed by atoms with E-state index in [4.69, 9.17) is 9.47 Å². The summed E-state index contributed by atoms with van der Waals surface area (Å²) in [5, 5.41) is 3.31.